The highest BCUT2D eigenvalue weighted by Crippen LogP contribution is 2.19. The van der Waals surface area contributed by atoms with Crippen LogP contribution in [0.15, 0.2) is 72.9 Å². The van der Waals surface area contributed by atoms with Gasteiger partial charge in [0.2, 0.25) is 5.88 Å². The Hall–Kier alpha value is -3.71. The highest BCUT2D eigenvalue weighted by atomic mass is 16.5. The molecule has 0 radical (unpaired) electrons. The second kappa shape index (κ2) is 10.1. The Bertz CT molecular complexity index is 1190. The van der Waals surface area contributed by atoms with Crippen molar-refractivity contribution in [3.8, 4) is 5.88 Å². The van der Waals surface area contributed by atoms with Crippen molar-refractivity contribution in [1.82, 2.24) is 19.7 Å². The lowest BCUT2D eigenvalue weighted by atomic mass is 10.2. The summed E-state index contributed by atoms with van der Waals surface area (Å²) in [6, 6.07) is 21.3. The van der Waals surface area contributed by atoms with Crippen LogP contribution in [0, 0.1) is 0 Å². The molecule has 0 bridgehead atoms. The van der Waals surface area contributed by atoms with Crippen LogP contribution in [0.3, 0.4) is 0 Å². The highest BCUT2D eigenvalue weighted by molar-refractivity contribution is 6.04. The molecule has 4 rings (SSSR count). The largest absolute Gasteiger partial charge is 0.477 e. The van der Waals surface area contributed by atoms with Gasteiger partial charge < -0.3 is 15.0 Å². The summed E-state index contributed by atoms with van der Waals surface area (Å²) in [5, 5.41) is 8.45. The zero-order chi connectivity index (χ0) is 22.3. The topological polar surface area (TPSA) is 72.3 Å². The number of fused-ring (bicyclic) bond motifs is 1. The standard InChI is InChI=1S/C25H27N5O2/c1-29(2)13-8-14-32-24-16-23(30(28-24)18-19-9-4-3-5-10-19)25(31)27-21-15-20-11-6-7-12-22(20)26-17-21/h3-7,9-12,15-17H,8,13-14,18H2,1-2H3,(H,27,31). The van der Waals surface area contributed by atoms with Gasteiger partial charge in [-0.1, -0.05) is 48.5 Å². The first kappa shape index (κ1) is 21.5. The van der Waals surface area contributed by atoms with Gasteiger partial charge in [0.25, 0.3) is 5.91 Å². The van der Waals surface area contributed by atoms with Gasteiger partial charge in [0.05, 0.1) is 30.6 Å². The molecule has 7 nitrogen and oxygen atoms in total. The van der Waals surface area contributed by atoms with Gasteiger partial charge in [-0.2, -0.15) is 0 Å². The summed E-state index contributed by atoms with van der Waals surface area (Å²) in [5.41, 5.74) is 3.00. The molecule has 0 aliphatic rings. The fraction of sp³-hybridized carbons (Fsp3) is 0.240. The molecule has 1 N–H and O–H groups in total. The number of ether oxygens (including phenoxy) is 1. The number of hydrogen-bond acceptors (Lipinski definition) is 5. The van der Waals surface area contributed by atoms with Crippen molar-refractivity contribution in [3.05, 3.63) is 84.2 Å². The molecule has 0 saturated carbocycles. The highest BCUT2D eigenvalue weighted by Gasteiger charge is 2.17. The minimum absolute atomic E-state index is 0.256. The number of aromatic nitrogens is 3. The molecule has 0 spiro atoms. The van der Waals surface area contributed by atoms with Crippen LogP contribution in [0.5, 0.6) is 5.88 Å². The van der Waals surface area contributed by atoms with E-state index < -0.39 is 0 Å². The van der Waals surface area contributed by atoms with Crippen LogP contribution in [-0.2, 0) is 6.54 Å². The van der Waals surface area contributed by atoms with Crippen molar-refractivity contribution in [2.24, 2.45) is 0 Å². The number of pyridine rings is 1. The van der Waals surface area contributed by atoms with E-state index in [1.165, 1.54) is 0 Å². The lowest BCUT2D eigenvalue weighted by Gasteiger charge is -2.09. The van der Waals surface area contributed by atoms with Gasteiger partial charge in [0.15, 0.2) is 0 Å². The van der Waals surface area contributed by atoms with Crippen molar-refractivity contribution < 1.29 is 9.53 Å². The number of rotatable bonds is 9. The Morgan fingerprint density at radius 2 is 1.84 bits per heavy atom. The predicted octanol–water partition coefficient (Wildman–Crippen LogP) is 4.06. The third-order valence-electron chi connectivity index (χ3n) is 5.01. The maximum Gasteiger partial charge on any atom is 0.274 e. The fourth-order valence-corrected chi connectivity index (χ4v) is 3.42. The number of amides is 1. The Balaban J connectivity index is 1.54. The summed E-state index contributed by atoms with van der Waals surface area (Å²) in [6.07, 6.45) is 2.54. The molecule has 164 valence electrons. The van der Waals surface area contributed by atoms with Crippen LogP contribution in [0.4, 0.5) is 5.69 Å². The number of carbonyl (C=O) groups is 1. The molecule has 0 unspecified atom stereocenters. The number of hydrogen-bond donors (Lipinski definition) is 1. The molecule has 7 heteroatoms. The fourth-order valence-electron chi connectivity index (χ4n) is 3.42. The van der Waals surface area contributed by atoms with Gasteiger partial charge in [-0.25, -0.2) is 0 Å². The molecule has 0 saturated heterocycles. The Labute approximate surface area is 187 Å². The Morgan fingerprint density at radius 1 is 1.06 bits per heavy atom. The van der Waals surface area contributed by atoms with Crippen LogP contribution < -0.4 is 10.1 Å². The van der Waals surface area contributed by atoms with E-state index >= 15 is 0 Å². The maximum atomic E-state index is 13.1. The van der Waals surface area contributed by atoms with Gasteiger partial charge >= 0.3 is 0 Å². The van der Waals surface area contributed by atoms with Gasteiger partial charge in [-0.15, -0.1) is 5.10 Å². The minimum Gasteiger partial charge on any atom is -0.477 e. The molecule has 2 aromatic heterocycles. The average Bonchev–Trinajstić information content (AvgIpc) is 3.20. The molecule has 0 aliphatic heterocycles. The molecule has 2 aromatic carbocycles. The molecule has 2 heterocycles. The SMILES string of the molecule is CN(C)CCCOc1cc(C(=O)Nc2cnc3ccccc3c2)n(Cc2ccccc2)n1. The number of carbonyl (C=O) groups excluding carboxylic acids is 1. The third-order valence-corrected chi connectivity index (χ3v) is 5.01. The zero-order valence-corrected chi connectivity index (χ0v) is 18.4. The molecule has 4 aromatic rings. The van der Waals surface area contributed by atoms with Gasteiger partial charge in [-0.3, -0.25) is 14.5 Å². The molecule has 0 fully saturated rings. The van der Waals surface area contributed by atoms with Crippen LogP contribution >= 0.6 is 0 Å². The van der Waals surface area contributed by atoms with E-state index in [1.54, 1.807) is 16.9 Å². The first-order chi connectivity index (χ1) is 15.6. The predicted molar refractivity (Wildman–Crippen MR) is 126 cm³/mol. The first-order valence-corrected chi connectivity index (χ1v) is 10.6. The van der Waals surface area contributed by atoms with E-state index in [2.05, 4.69) is 20.3 Å². The second-order valence-corrected chi connectivity index (χ2v) is 7.89. The number of nitrogens with one attached hydrogen (secondary N) is 1. The van der Waals surface area contributed by atoms with E-state index in [4.69, 9.17) is 4.74 Å². The molecule has 0 atom stereocenters. The smallest absolute Gasteiger partial charge is 0.274 e. The summed E-state index contributed by atoms with van der Waals surface area (Å²) >= 11 is 0. The molecular formula is C25H27N5O2. The Kier molecular flexibility index (Phi) is 6.77. The lowest BCUT2D eigenvalue weighted by molar-refractivity contribution is 0.101. The van der Waals surface area contributed by atoms with Crippen LogP contribution in [0.2, 0.25) is 0 Å². The van der Waals surface area contributed by atoms with Crippen molar-refractivity contribution in [2.45, 2.75) is 13.0 Å². The number of para-hydroxylation sites is 1. The van der Waals surface area contributed by atoms with Crippen LogP contribution in [0.1, 0.15) is 22.5 Å². The molecule has 1 amide bonds. The number of anilines is 1. The summed E-state index contributed by atoms with van der Waals surface area (Å²) in [5.74, 6) is 0.190. The Morgan fingerprint density at radius 3 is 2.66 bits per heavy atom. The van der Waals surface area contributed by atoms with Crippen LogP contribution in [-0.4, -0.2) is 52.8 Å². The average molecular weight is 430 g/mol. The quantitative estimate of drug-likeness (QED) is 0.406. The molecular weight excluding hydrogens is 402 g/mol. The zero-order valence-electron chi connectivity index (χ0n) is 18.4. The van der Waals surface area contributed by atoms with Gasteiger partial charge in [0, 0.05) is 18.0 Å². The summed E-state index contributed by atoms with van der Waals surface area (Å²) in [6.45, 7) is 1.93. The first-order valence-electron chi connectivity index (χ1n) is 10.6. The van der Waals surface area contributed by atoms with E-state index in [-0.39, 0.29) is 5.91 Å². The third kappa shape index (κ3) is 5.50. The van der Waals surface area contributed by atoms with Crippen molar-refractivity contribution in [1.29, 1.82) is 0 Å². The molecule has 32 heavy (non-hydrogen) atoms. The summed E-state index contributed by atoms with van der Waals surface area (Å²) in [4.78, 5) is 19.7. The monoisotopic (exact) mass is 429 g/mol. The summed E-state index contributed by atoms with van der Waals surface area (Å²) < 4.78 is 7.50. The lowest BCUT2D eigenvalue weighted by Crippen LogP contribution is -2.18. The normalized spacial score (nSPS) is 11.1. The van der Waals surface area contributed by atoms with Gasteiger partial charge in [0.1, 0.15) is 5.69 Å². The second-order valence-electron chi connectivity index (χ2n) is 7.89. The molecule has 0 aliphatic carbocycles. The van der Waals surface area contributed by atoms with E-state index in [1.807, 2.05) is 74.8 Å². The van der Waals surface area contributed by atoms with Crippen molar-refractivity contribution in [2.75, 3.05) is 32.6 Å². The number of benzene rings is 2. The van der Waals surface area contributed by atoms with Gasteiger partial charge in [-0.05, 0) is 38.2 Å². The van der Waals surface area contributed by atoms with E-state index in [0.717, 1.165) is 29.4 Å². The maximum absolute atomic E-state index is 13.1. The van der Waals surface area contributed by atoms with Crippen molar-refractivity contribution in [3.63, 3.8) is 0 Å². The van der Waals surface area contributed by atoms with Crippen molar-refractivity contribution >= 4 is 22.5 Å². The van der Waals surface area contributed by atoms with E-state index in [0.29, 0.717) is 30.4 Å². The minimum atomic E-state index is -0.256. The number of nitrogens with zero attached hydrogens (tertiary/aromatic N) is 4. The van der Waals surface area contributed by atoms with E-state index in [9.17, 15) is 4.79 Å². The van der Waals surface area contributed by atoms with Crippen LogP contribution in [0.25, 0.3) is 10.9 Å². The summed E-state index contributed by atoms with van der Waals surface area (Å²) in [7, 11) is 4.05.